The van der Waals surface area contributed by atoms with Crippen molar-refractivity contribution >= 4 is 32.2 Å². The van der Waals surface area contributed by atoms with E-state index in [2.05, 4.69) is 22.6 Å². The Labute approximate surface area is 134 Å². The minimum Gasteiger partial charge on any atom is -0.461 e. The highest BCUT2D eigenvalue weighted by Crippen LogP contribution is 1.92. The summed E-state index contributed by atoms with van der Waals surface area (Å²) in [5, 5.41) is 0. The molecule has 0 amide bonds. The van der Waals surface area contributed by atoms with E-state index in [1.807, 2.05) is 0 Å². The molecule has 134 valence electrons. The van der Waals surface area contributed by atoms with Gasteiger partial charge in [-0.05, 0) is 6.92 Å². The summed E-state index contributed by atoms with van der Waals surface area (Å²) < 4.78 is 65.4. The van der Waals surface area contributed by atoms with Gasteiger partial charge in [0, 0.05) is 11.6 Å². The standard InChI is InChI=1S/C6H10O5S.C5H8O5S/c1-5(2)6(7)11-3-4-12(8,9)10;1-2-5(6)10-3-4-11(7,8)9/h1,3-4H2,2H3,(H,8,9,10);2H,1,3-4H2,(H,7,8,9). The molecule has 0 unspecified atom stereocenters. The summed E-state index contributed by atoms with van der Waals surface area (Å²) in [4.78, 5) is 20.9. The van der Waals surface area contributed by atoms with Crippen molar-refractivity contribution in [2.45, 2.75) is 6.92 Å². The van der Waals surface area contributed by atoms with E-state index in [-0.39, 0.29) is 18.8 Å². The second-order valence-corrected chi connectivity index (χ2v) is 7.00. The molecule has 0 aliphatic rings. The van der Waals surface area contributed by atoms with Crippen LogP contribution in [0.4, 0.5) is 0 Å². The minimum atomic E-state index is -4.05. The second kappa shape index (κ2) is 10.9. The predicted molar refractivity (Wildman–Crippen MR) is 79.8 cm³/mol. The number of hydrogen-bond donors (Lipinski definition) is 2. The summed E-state index contributed by atoms with van der Waals surface area (Å²) in [5.74, 6) is -2.56. The van der Waals surface area contributed by atoms with E-state index >= 15 is 0 Å². The van der Waals surface area contributed by atoms with Gasteiger partial charge in [-0.25, -0.2) is 9.59 Å². The molecule has 0 aromatic rings. The zero-order valence-electron chi connectivity index (χ0n) is 12.3. The number of rotatable bonds is 8. The van der Waals surface area contributed by atoms with E-state index in [0.717, 1.165) is 6.08 Å². The van der Waals surface area contributed by atoms with E-state index in [1.165, 1.54) is 6.92 Å². The molecule has 0 atom stereocenters. The van der Waals surface area contributed by atoms with Crippen LogP contribution >= 0.6 is 0 Å². The molecule has 0 saturated heterocycles. The summed E-state index contributed by atoms with van der Waals surface area (Å²) >= 11 is 0. The molecule has 0 rings (SSSR count). The summed E-state index contributed by atoms with van der Waals surface area (Å²) in [6.07, 6.45) is 0.907. The molecular formula is C11H18O10S2. The molecular weight excluding hydrogens is 356 g/mol. The van der Waals surface area contributed by atoms with Crippen LogP contribution in [0.15, 0.2) is 24.8 Å². The van der Waals surface area contributed by atoms with Crippen LogP contribution in [0, 0.1) is 0 Å². The Morgan fingerprint density at radius 1 is 1.00 bits per heavy atom. The van der Waals surface area contributed by atoms with Crippen molar-refractivity contribution in [1.29, 1.82) is 0 Å². The summed E-state index contributed by atoms with van der Waals surface area (Å²) in [5.41, 5.74) is 0.185. The lowest BCUT2D eigenvalue weighted by molar-refractivity contribution is -0.138. The monoisotopic (exact) mass is 374 g/mol. The first-order valence-corrected chi connectivity index (χ1v) is 9.02. The molecule has 0 saturated carbocycles. The van der Waals surface area contributed by atoms with Crippen molar-refractivity contribution < 1.29 is 45.0 Å². The van der Waals surface area contributed by atoms with Crippen LogP contribution in [0.5, 0.6) is 0 Å². The molecule has 0 aliphatic carbocycles. The molecule has 0 aromatic heterocycles. The fraction of sp³-hybridized carbons (Fsp3) is 0.455. The molecule has 10 nitrogen and oxygen atoms in total. The van der Waals surface area contributed by atoms with Crippen LogP contribution in [0.1, 0.15) is 6.92 Å². The highest BCUT2D eigenvalue weighted by atomic mass is 32.2. The normalized spacial score (nSPS) is 10.7. The van der Waals surface area contributed by atoms with Crippen molar-refractivity contribution in [2.75, 3.05) is 24.7 Å². The molecule has 0 fully saturated rings. The number of carbonyl (C=O) groups is 2. The zero-order valence-corrected chi connectivity index (χ0v) is 13.9. The smallest absolute Gasteiger partial charge is 0.333 e. The van der Waals surface area contributed by atoms with Crippen LogP contribution < -0.4 is 0 Å². The SMILES string of the molecule is C=C(C)C(=O)OCCS(=O)(=O)O.C=CC(=O)OCCS(=O)(=O)O. The quantitative estimate of drug-likeness (QED) is 0.325. The highest BCUT2D eigenvalue weighted by molar-refractivity contribution is 7.86. The van der Waals surface area contributed by atoms with E-state index in [9.17, 15) is 26.4 Å². The van der Waals surface area contributed by atoms with Crippen LogP contribution in [0.2, 0.25) is 0 Å². The lowest BCUT2D eigenvalue weighted by Gasteiger charge is -2.01. The molecule has 0 heterocycles. The van der Waals surface area contributed by atoms with Crippen molar-refractivity contribution in [3.63, 3.8) is 0 Å². The Kier molecular flexibility index (Phi) is 11.1. The summed E-state index contributed by atoms with van der Waals surface area (Å²) in [7, 11) is -8.09. The van der Waals surface area contributed by atoms with E-state index in [4.69, 9.17) is 9.11 Å². The average molecular weight is 374 g/mol. The lowest BCUT2D eigenvalue weighted by Crippen LogP contribution is -2.14. The first kappa shape index (κ1) is 23.5. The number of ether oxygens (including phenoxy) is 2. The van der Waals surface area contributed by atoms with Crippen LogP contribution in [0.3, 0.4) is 0 Å². The summed E-state index contributed by atoms with van der Waals surface area (Å²) in [6.45, 7) is 7.10. The molecule has 0 aliphatic heterocycles. The van der Waals surface area contributed by atoms with Crippen molar-refractivity contribution in [2.24, 2.45) is 0 Å². The number of carbonyl (C=O) groups excluding carboxylic acids is 2. The maximum Gasteiger partial charge on any atom is 0.333 e. The van der Waals surface area contributed by atoms with Gasteiger partial charge in [0.15, 0.2) is 0 Å². The molecule has 12 heteroatoms. The third kappa shape index (κ3) is 20.2. The van der Waals surface area contributed by atoms with Gasteiger partial charge in [0.1, 0.15) is 24.7 Å². The maximum atomic E-state index is 10.6. The highest BCUT2D eigenvalue weighted by Gasteiger charge is 2.07. The number of hydrogen-bond acceptors (Lipinski definition) is 8. The van der Waals surface area contributed by atoms with E-state index in [1.54, 1.807) is 0 Å². The molecule has 0 aromatic carbocycles. The van der Waals surface area contributed by atoms with Gasteiger partial charge < -0.3 is 9.47 Å². The van der Waals surface area contributed by atoms with Crippen molar-refractivity contribution in [3.8, 4) is 0 Å². The van der Waals surface area contributed by atoms with Crippen LogP contribution in [-0.2, 0) is 39.3 Å². The van der Waals surface area contributed by atoms with Gasteiger partial charge >= 0.3 is 11.9 Å². The first-order valence-electron chi connectivity index (χ1n) is 5.80. The fourth-order valence-corrected chi connectivity index (χ4v) is 1.26. The zero-order chi connectivity index (χ0) is 18.7. The predicted octanol–water partition coefficient (Wildman–Crippen LogP) is -0.403. The lowest BCUT2D eigenvalue weighted by atomic mass is 10.4. The van der Waals surface area contributed by atoms with Gasteiger partial charge in [0.05, 0.1) is 0 Å². The van der Waals surface area contributed by atoms with Gasteiger partial charge in [-0.1, -0.05) is 13.2 Å². The van der Waals surface area contributed by atoms with Crippen LogP contribution in [-0.4, -0.2) is 62.6 Å². The van der Waals surface area contributed by atoms with Gasteiger partial charge in [-0.2, -0.15) is 16.8 Å². The van der Waals surface area contributed by atoms with Gasteiger partial charge in [0.25, 0.3) is 20.2 Å². The Balaban J connectivity index is 0. The van der Waals surface area contributed by atoms with Crippen LogP contribution in [0.25, 0.3) is 0 Å². The van der Waals surface area contributed by atoms with E-state index in [0.29, 0.717) is 0 Å². The molecule has 2 N–H and O–H groups in total. The van der Waals surface area contributed by atoms with Crippen molar-refractivity contribution in [1.82, 2.24) is 0 Å². The topological polar surface area (TPSA) is 161 Å². The van der Waals surface area contributed by atoms with E-state index < -0.39 is 43.7 Å². The number of esters is 2. The first-order chi connectivity index (χ1) is 10.3. The second-order valence-electron chi connectivity index (χ2n) is 3.86. The summed E-state index contributed by atoms with van der Waals surface area (Å²) in [6, 6.07) is 0. The largest absolute Gasteiger partial charge is 0.461 e. The van der Waals surface area contributed by atoms with Gasteiger partial charge in [-0.3, -0.25) is 9.11 Å². The molecule has 23 heavy (non-hydrogen) atoms. The maximum absolute atomic E-state index is 10.6. The van der Waals surface area contributed by atoms with Crippen molar-refractivity contribution in [3.05, 3.63) is 24.8 Å². The Bertz CT molecular complexity index is 630. The minimum absolute atomic E-state index is 0.185. The average Bonchev–Trinajstić information content (AvgIpc) is 2.36. The third-order valence-corrected chi connectivity index (χ3v) is 3.04. The van der Waals surface area contributed by atoms with Gasteiger partial charge in [0.2, 0.25) is 0 Å². The Hall–Kier alpha value is -1.76. The van der Waals surface area contributed by atoms with Gasteiger partial charge in [-0.15, -0.1) is 0 Å². The molecule has 0 bridgehead atoms. The Morgan fingerprint density at radius 3 is 1.70 bits per heavy atom. The molecule has 0 spiro atoms. The molecule has 0 radical (unpaired) electrons. The third-order valence-electron chi connectivity index (χ3n) is 1.68. The fourth-order valence-electron chi connectivity index (χ4n) is 0.669. The Morgan fingerprint density at radius 2 is 1.39 bits per heavy atom.